The van der Waals surface area contributed by atoms with E-state index in [0.717, 1.165) is 43.7 Å². The Labute approximate surface area is 125 Å². The van der Waals surface area contributed by atoms with Crippen molar-refractivity contribution in [3.63, 3.8) is 0 Å². The molecule has 2 heterocycles. The maximum atomic E-state index is 12.6. The molecule has 1 spiro atoms. The Morgan fingerprint density at radius 2 is 2.29 bits per heavy atom. The van der Waals surface area contributed by atoms with Gasteiger partial charge in [-0.3, -0.25) is 9.89 Å². The van der Waals surface area contributed by atoms with E-state index in [1.165, 1.54) is 0 Å². The van der Waals surface area contributed by atoms with Crippen LogP contribution in [0.1, 0.15) is 30.7 Å². The molecule has 1 aromatic rings. The summed E-state index contributed by atoms with van der Waals surface area (Å²) in [5.41, 5.74) is 2.12. The maximum absolute atomic E-state index is 12.6. The maximum Gasteiger partial charge on any atom is 0.226 e. The summed E-state index contributed by atoms with van der Waals surface area (Å²) >= 11 is 0. The molecule has 3 rings (SSSR count). The number of nitrogens with zero attached hydrogens (tertiary/aromatic N) is 2. The third kappa shape index (κ3) is 2.96. The van der Waals surface area contributed by atoms with E-state index in [1.54, 1.807) is 7.11 Å². The smallest absolute Gasteiger partial charge is 0.226 e. The van der Waals surface area contributed by atoms with Crippen molar-refractivity contribution in [2.45, 2.75) is 32.4 Å². The minimum absolute atomic E-state index is 0.228. The Kier molecular flexibility index (Phi) is 3.99. The second kappa shape index (κ2) is 5.77. The van der Waals surface area contributed by atoms with Crippen molar-refractivity contribution in [1.82, 2.24) is 20.4 Å². The molecule has 116 valence electrons. The van der Waals surface area contributed by atoms with Gasteiger partial charge in [0.1, 0.15) is 0 Å². The Morgan fingerprint density at radius 3 is 3.00 bits per heavy atom. The van der Waals surface area contributed by atoms with E-state index in [0.29, 0.717) is 18.6 Å². The molecule has 0 radical (unpaired) electrons. The van der Waals surface area contributed by atoms with Gasteiger partial charge in [-0.25, -0.2) is 0 Å². The van der Waals surface area contributed by atoms with Crippen molar-refractivity contribution in [3.8, 4) is 0 Å². The minimum Gasteiger partial charge on any atom is -0.378 e. The van der Waals surface area contributed by atoms with Gasteiger partial charge in [0.2, 0.25) is 5.91 Å². The summed E-state index contributed by atoms with van der Waals surface area (Å²) in [6.45, 7) is 3.18. The predicted octanol–water partition coefficient (Wildman–Crippen LogP) is 0.904. The minimum atomic E-state index is 0.228. The van der Waals surface area contributed by atoms with Crippen LogP contribution in [-0.2, 0) is 22.7 Å². The Hall–Kier alpha value is -1.40. The van der Waals surface area contributed by atoms with Crippen molar-refractivity contribution in [2.24, 2.45) is 11.3 Å². The van der Waals surface area contributed by atoms with Crippen molar-refractivity contribution in [2.75, 3.05) is 27.2 Å². The quantitative estimate of drug-likeness (QED) is 0.846. The number of hydrogen-bond acceptors (Lipinski definition) is 4. The first-order valence-electron chi connectivity index (χ1n) is 7.62. The lowest BCUT2D eigenvalue weighted by atomic mass is 9.91. The highest BCUT2D eigenvalue weighted by molar-refractivity contribution is 5.82. The van der Waals surface area contributed by atoms with Gasteiger partial charge in [0, 0.05) is 20.1 Å². The molecule has 0 bridgehead atoms. The van der Waals surface area contributed by atoms with Crippen molar-refractivity contribution < 1.29 is 9.53 Å². The topological polar surface area (TPSA) is 70.2 Å². The van der Waals surface area contributed by atoms with Gasteiger partial charge in [-0.2, -0.15) is 5.10 Å². The summed E-state index contributed by atoms with van der Waals surface area (Å²) in [5.74, 6) is 0.505. The van der Waals surface area contributed by atoms with E-state index >= 15 is 0 Å². The molecule has 6 heteroatoms. The fourth-order valence-electron chi connectivity index (χ4n) is 3.49. The molecule has 1 aliphatic carbocycles. The molecule has 6 nitrogen and oxygen atoms in total. The highest BCUT2D eigenvalue weighted by Gasteiger charge is 2.58. The van der Waals surface area contributed by atoms with Crippen LogP contribution in [0.3, 0.4) is 0 Å². The number of nitrogens with one attached hydrogen (secondary N) is 2. The van der Waals surface area contributed by atoms with Gasteiger partial charge < -0.3 is 15.0 Å². The van der Waals surface area contributed by atoms with Crippen LogP contribution in [0.4, 0.5) is 0 Å². The Morgan fingerprint density at radius 1 is 1.52 bits per heavy atom. The van der Waals surface area contributed by atoms with Crippen LogP contribution in [0.25, 0.3) is 0 Å². The first kappa shape index (κ1) is 14.5. The average molecular weight is 292 g/mol. The number of ether oxygens (including phenoxy) is 1. The predicted molar refractivity (Wildman–Crippen MR) is 78.4 cm³/mol. The SMILES string of the molecule is COCc1cc(CN(C)C(=O)[C@H]2CC23CCNCC3)[nH]n1. The summed E-state index contributed by atoms with van der Waals surface area (Å²) in [5, 5.41) is 10.5. The third-order valence-corrected chi connectivity index (χ3v) is 4.85. The number of aromatic amines is 1. The zero-order chi connectivity index (χ0) is 14.9. The normalized spacial score (nSPS) is 23.2. The molecule has 1 amide bonds. The van der Waals surface area contributed by atoms with Gasteiger partial charge in [0.05, 0.1) is 24.5 Å². The van der Waals surface area contributed by atoms with Gasteiger partial charge in [-0.1, -0.05) is 0 Å². The molecular formula is C15H24N4O2. The number of rotatable bonds is 5. The molecule has 1 aromatic heterocycles. The summed E-state index contributed by atoms with van der Waals surface area (Å²) in [6.07, 6.45) is 3.34. The number of methoxy groups -OCH3 is 1. The zero-order valence-corrected chi connectivity index (χ0v) is 12.8. The second-order valence-electron chi connectivity index (χ2n) is 6.38. The number of amides is 1. The van der Waals surface area contributed by atoms with E-state index in [4.69, 9.17) is 4.74 Å². The number of carbonyl (C=O) groups is 1. The van der Waals surface area contributed by atoms with Crippen LogP contribution in [0.2, 0.25) is 0 Å². The molecule has 1 saturated heterocycles. The molecule has 1 saturated carbocycles. The lowest BCUT2D eigenvalue weighted by Crippen LogP contribution is -2.34. The summed E-state index contributed by atoms with van der Waals surface area (Å²) < 4.78 is 5.05. The van der Waals surface area contributed by atoms with Gasteiger partial charge in [-0.05, 0) is 43.8 Å². The van der Waals surface area contributed by atoms with Crippen LogP contribution < -0.4 is 5.32 Å². The van der Waals surface area contributed by atoms with Crippen LogP contribution in [0.5, 0.6) is 0 Å². The number of H-pyrrole nitrogens is 1. The molecule has 2 N–H and O–H groups in total. The van der Waals surface area contributed by atoms with E-state index in [-0.39, 0.29) is 11.8 Å². The first-order chi connectivity index (χ1) is 10.1. The Bertz CT molecular complexity index is 508. The van der Waals surface area contributed by atoms with Crippen LogP contribution in [-0.4, -0.2) is 48.3 Å². The Balaban J connectivity index is 1.55. The zero-order valence-electron chi connectivity index (χ0n) is 12.8. The number of carbonyl (C=O) groups excluding carboxylic acids is 1. The standard InChI is InChI=1S/C15H24N4O2/c1-19(9-11-7-12(10-21-2)18-17-11)14(20)13-8-15(13)3-5-16-6-4-15/h7,13,16H,3-6,8-10H2,1-2H3,(H,17,18)/t13-/m1/s1. The lowest BCUT2D eigenvalue weighted by molar-refractivity contribution is -0.132. The summed E-state index contributed by atoms with van der Waals surface area (Å²) in [7, 11) is 3.53. The third-order valence-electron chi connectivity index (χ3n) is 4.85. The van der Waals surface area contributed by atoms with E-state index < -0.39 is 0 Å². The number of hydrogen-bond donors (Lipinski definition) is 2. The van der Waals surface area contributed by atoms with Gasteiger partial charge in [0.15, 0.2) is 0 Å². The van der Waals surface area contributed by atoms with Crippen LogP contribution in [0, 0.1) is 11.3 Å². The van der Waals surface area contributed by atoms with Crippen LogP contribution in [0.15, 0.2) is 6.07 Å². The van der Waals surface area contributed by atoms with Crippen molar-refractivity contribution in [3.05, 3.63) is 17.5 Å². The van der Waals surface area contributed by atoms with Crippen molar-refractivity contribution >= 4 is 5.91 Å². The number of piperidine rings is 1. The highest BCUT2D eigenvalue weighted by Crippen LogP contribution is 2.59. The molecule has 2 aliphatic rings. The lowest BCUT2D eigenvalue weighted by Gasteiger charge is -2.25. The fraction of sp³-hybridized carbons (Fsp3) is 0.733. The second-order valence-corrected chi connectivity index (χ2v) is 6.38. The molecule has 2 fully saturated rings. The largest absolute Gasteiger partial charge is 0.378 e. The van der Waals surface area contributed by atoms with Gasteiger partial charge >= 0.3 is 0 Å². The molecule has 1 atom stereocenters. The van der Waals surface area contributed by atoms with E-state index in [1.807, 2.05) is 18.0 Å². The molecule has 0 aromatic carbocycles. The summed E-state index contributed by atoms with van der Waals surface area (Å²) in [6, 6.07) is 1.96. The molecule has 21 heavy (non-hydrogen) atoms. The molecular weight excluding hydrogens is 268 g/mol. The van der Waals surface area contributed by atoms with E-state index in [2.05, 4.69) is 15.5 Å². The van der Waals surface area contributed by atoms with Crippen LogP contribution >= 0.6 is 0 Å². The average Bonchev–Trinajstić information content (AvgIpc) is 2.97. The first-order valence-corrected chi connectivity index (χ1v) is 7.62. The molecule has 0 unspecified atom stereocenters. The van der Waals surface area contributed by atoms with Gasteiger partial charge in [-0.15, -0.1) is 0 Å². The highest BCUT2D eigenvalue weighted by atomic mass is 16.5. The molecule has 1 aliphatic heterocycles. The van der Waals surface area contributed by atoms with Gasteiger partial charge in [0.25, 0.3) is 0 Å². The number of aromatic nitrogens is 2. The van der Waals surface area contributed by atoms with E-state index in [9.17, 15) is 4.79 Å². The summed E-state index contributed by atoms with van der Waals surface area (Å²) in [4.78, 5) is 14.4. The monoisotopic (exact) mass is 292 g/mol. The van der Waals surface area contributed by atoms with Crippen molar-refractivity contribution in [1.29, 1.82) is 0 Å². The fourth-order valence-corrected chi connectivity index (χ4v) is 3.49.